The molecule has 1 N–H and O–H groups in total. The van der Waals surface area contributed by atoms with Crippen LogP contribution in [0.5, 0.6) is 5.75 Å². The number of benzene rings is 2. The van der Waals surface area contributed by atoms with Crippen molar-refractivity contribution >= 4 is 40.7 Å². The third-order valence-corrected chi connectivity index (χ3v) is 6.53. The quantitative estimate of drug-likeness (QED) is 0.327. The van der Waals surface area contributed by atoms with Crippen LogP contribution in [-0.4, -0.2) is 27.7 Å². The monoisotopic (exact) mass is 499 g/mol. The van der Waals surface area contributed by atoms with Gasteiger partial charge in [0.2, 0.25) is 5.75 Å². The SMILES string of the molecule is CCC1=C(C(=O)OC)[C@H](c2ccccc2)n2c(s/c(=C\c3cc(Cl)cc([N+](=O)[O-])c3O)c2=O)=N1. The van der Waals surface area contributed by atoms with Crippen LogP contribution in [0.3, 0.4) is 0 Å². The molecule has 9 nitrogen and oxygen atoms in total. The van der Waals surface area contributed by atoms with Gasteiger partial charge in [-0.05, 0) is 24.1 Å². The zero-order chi connectivity index (χ0) is 24.6. The molecule has 0 radical (unpaired) electrons. The molecule has 0 spiro atoms. The molecule has 0 bridgehead atoms. The Bertz CT molecular complexity index is 1520. The minimum Gasteiger partial charge on any atom is -0.502 e. The van der Waals surface area contributed by atoms with Crippen molar-refractivity contribution < 1.29 is 19.6 Å². The number of hydrogen-bond donors (Lipinski definition) is 1. The number of ether oxygens (including phenoxy) is 1. The van der Waals surface area contributed by atoms with Gasteiger partial charge in [-0.3, -0.25) is 19.5 Å². The number of rotatable bonds is 5. The van der Waals surface area contributed by atoms with Crippen LogP contribution in [0.15, 0.2) is 63.5 Å². The second-order valence-electron chi connectivity index (χ2n) is 7.32. The van der Waals surface area contributed by atoms with Gasteiger partial charge in [0.15, 0.2) is 4.80 Å². The fraction of sp³-hybridized carbons (Fsp3) is 0.174. The van der Waals surface area contributed by atoms with E-state index in [1.54, 1.807) is 24.3 Å². The number of carbonyl (C=O) groups is 1. The maximum absolute atomic E-state index is 13.5. The number of aromatic nitrogens is 1. The maximum Gasteiger partial charge on any atom is 0.338 e. The van der Waals surface area contributed by atoms with Crippen molar-refractivity contribution in [3.8, 4) is 5.75 Å². The number of methoxy groups -OCH3 is 1. The molecule has 11 heteroatoms. The van der Waals surface area contributed by atoms with Gasteiger partial charge in [0.05, 0.1) is 33.9 Å². The summed E-state index contributed by atoms with van der Waals surface area (Å²) >= 11 is 7.03. The Morgan fingerprint density at radius 1 is 1.35 bits per heavy atom. The van der Waals surface area contributed by atoms with Crippen molar-refractivity contribution in [3.63, 3.8) is 0 Å². The van der Waals surface area contributed by atoms with Crippen molar-refractivity contribution in [2.24, 2.45) is 4.99 Å². The molecular formula is C23H18ClN3O6S. The summed E-state index contributed by atoms with van der Waals surface area (Å²) in [6.45, 7) is 1.85. The van der Waals surface area contributed by atoms with Gasteiger partial charge >= 0.3 is 11.7 Å². The number of nitrogens with zero attached hydrogens (tertiary/aromatic N) is 3. The normalized spacial score (nSPS) is 15.6. The lowest BCUT2D eigenvalue weighted by atomic mass is 9.95. The third kappa shape index (κ3) is 4.02. The van der Waals surface area contributed by atoms with Crippen LogP contribution in [0.1, 0.15) is 30.5 Å². The van der Waals surface area contributed by atoms with Crippen LogP contribution >= 0.6 is 22.9 Å². The maximum atomic E-state index is 13.5. The van der Waals surface area contributed by atoms with Crippen LogP contribution in [0.25, 0.3) is 6.08 Å². The molecule has 4 rings (SSSR count). The molecule has 0 saturated carbocycles. The number of nitro benzene ring substituents is 1. The van der Waals surface area contributed by atoms with Crippen molar-refractivity contribution in [1.82, 2.24) is 4.57 Å². The zero-order valence-electron chi connectivity index (χ0n) is 18.0. The van der Waals surface area contributed by atoms with Gasteiger partial charge in [-0.1, -0.05) is 60.2 Å². The number of hydrogen-bond acceptors (Lipinski definition) is 8. The second kappa shape index (κ2) is 9.24. The molecule has 1 aromatic heterocycles. The number of nitro groups is 1. The Morgan fingerprint density at radius 2 is 2.06 bits per heavy atom. The van der Waals surface area contributed by atoms with E-state index in [1.165, 1.54) is 23.8 Å². The molecule has 1 aliphatic rings. The van der Waals surface area contributed by atoms with E-state index in [2.05, 4.69) is 4.99 Å². The highest BCUT2D eigenvalue weighted by Gasteiger charge is 2.33. The summed E-state index contributed by atoms with van der Waals surface area (Å²) in [6.07, 6.45) is 1.76. The first-order valence-electron chi connectivity index (χ1n) is 10.1. The fourth-order valence-electron chi connectivity index (χ4n) is 3.81. The van der Waals surface area contributed by atoms with Crippen molar-refractivity contribution in [3.05, 3.63) is 99.7 Å². The molecule has 1 aliphatic heterocycles. The molecule has 0 unspecified atom stereocenters. The predicted molar refractivity (Wildman–Crippen MR) is 127 cm³/mol. The average molecular weight is 500 g/mol. The molecule has 3 aromatic rings. The van der Waals surface area contributed by atoms with Gasteiger partial charge in [-0.25, -0.2) is 9.79 Å². The average Bonchev–Trinajstić information content (AvgIpc) is 3.14. The number of thiazole rings is 1. The van der Waals surface area contributed by atoms with E-state index in [0.29, 0.717) is 22.5 Å². The molecule has 0 fully saturated rings. The number of aromatic hydroxyl groups is 1. The standard InChI is InChI=1S/C23H18ClN3O6S/c1-3-15-18(22(30)33-2)19(12-7-5-4-6-8-12)26-21(29)17(34-23(26)25-15)10-13-9-14(24)11-16(20(13)28)27(31)32/h4-11,19,28H,3H2,1-2H3/b17-10-/t19-/m0/s1. The third-order valence-electron chi connectivity index (χ3n) is 5.33. The molecular weight excluding hydrogens is 482 g/mol. The summed E-state index contributed by atoms with van der Waals surface area (Å²) < 4.78 is 6.56. The summed E-state index contributed by atoms with van der Waals surface area (Å²) in [5, 5.41) is 21.6. The Labute approximate surface area is 201 Å². The van der Waals surface area contributed by atoms with Gasteiger partial charge in [0.25, 0.3) is 5.56 Å². The largest absolute Gasteiger partial charge is 0.502 e. The molecule has 174 valence electrons. The molecule has 0 aliphatic carbocycles. The Morgan fingerprint density at radius 3 is 2.68 bits per heavy atom. The molecule has 2 heterocycles. The lowest BCUT2D eigenvalue weighted by molar-refractivity contribution is -0.385. The van der Waals surface area contributed by atoms with Crippen LogP contribution in [0.4, 0.5) is 5.69 Å². The van der Waals surface area contributed by atoms with Crippen molar-refractivity contribution in [1.29, 1.82) is 0 Å². The summed E-state index contributed by atoms with van der Waals surface area (Å²) in [7, 11) is 1.27. The number of fused-ring (bicyclic) bond motifs is 1. The molecule has 34 heavy (non-hydrogen) atoms. The van der Waals surface area contributed by atoms with E-state index in [1.807, 2.05) is 13.0 Å². The number of esters is 1. The smallest absolute Gasteiger partial charge is 0.338 e. The lowest BCUT2D eigenvalue weighted by Gasteiger charge is -2.25. The lowest BCUT2D eigenvalue weighted by Crippen LogP contribution is -2.40. The van der Waals surface area contributed by atoms with E-state index in [4.69, 9.17) is 16.3 Å². The molecule has 0 amide bonds. The summed E-state index contributed by atoms with van der Waals surface area (Å²) in [6, 6.07) is 10.6. The first-order valence-corrected chi connectivity index (χ1v) is 11.3. The summed E-state index contributed by atoms with van der Waals surface area (Å²) in [5.74, 6) is -1.20. The number of phenols is 1. The van der Waals surface area contributed by atoms with E-state index in [-0.39, 0.29) is 20.7 Å². The molecule has 2 aromatic carbocycles. The topological polar surface area (TPSA) is 124 Å². The summed E-state index contributed by atoms with van der Waals surface area (Å²) in [4.78, 5) is 41.7. The highest BCUT2D eigenvalue weighted by atomic mass is 35.5. The van der Waals surface area contributed by atoms with Crippen LogP contribution < -0.4 is 14.9 Å². The van der Waals surface area contributed by atoms with Crippen LogP contribution in [0, 0.1) is 10.1 Å². The highest BCUT2D eigenvalue weighted by Crippen LogP contribution is 2.34. The van der Waals surface area contributed by atoms with E-state index in [0.717, 1.165) is 17.4 Å². The van der Waals surface area contributed by atoms with Gasteiger partial charge in [0, 0.05) is 16.7 Å². The van der Waals surface area contributed by atoms with Gasteiger partial charge < -0.3 is 9.84 Å². The zero-order valence-corrected chi connectivity index (χ0v) is 19.6. The van der Waals surface area contributed by atoms with Crippen molar-refractivity contribution in [2.45, 2.75) is 19.4 Å². The van der Waals surface area contributed by atoms with E-state index < -0.39 is 33.9 Å². The number of carbonyl (C=O) groups excluding carboxylic acids is 1. The van der Waals surface area contributed by atoms with Crippen molar-refractivity contribution in [2.75, 3.05) is 7.11 Å². The number of halogens is 1. The van der Waals surface area contributed by atoms with Crippen LogP contribution in [-0.2, 0) is 9.53 Å². The van der Waals surface area contributed by atoms with Gasteiger partial charge in [0.1, 0.15) is 0 Å². The minimum atomic E-state index is -0.774. The Hall–Kier alpha value is -3.76. The first-order chi connectivity index (χ1) is 16.3. The predicted octanol–water partition coefficient (Wildman–Crippen LogP) is 3.07. The van der Waals surface area contributed by atoms with E-state index in [9.17, 15) is 24.8 Å². The summed E-state index contributed by atoms with van der Waals surface area (Å²) in [5.41, 5.74) is 0.415. The van der Waals surface area contributed by atoms with E-state index >= 15 is 0 Å². The van der Waals surface area contributed by atoms with Gasteiger partial charge in [-0.2, -0.15) is 0 Å². The minimum absolute atomic E-state index is 0.0172. The highest BCUT2D eigenvalue weighted by molar-refractivity contribution is 7.07. The number of phenolic OH excluding ortho intramolecular Hbond substituents is 1. The Balaban J connectivity index is 2.02. The van der Waals surface area contributed by atoms with Crippen LogP contribution in [0.2, 0.25) is 5.02 Å². The Kier molecular flexibility index (Phi) is 6.36. The number of allylic oxidation sites excluding steroid dienone is 1. The fourth-order valence-corrected chi connectivity index (χ4v) is 5.04. The molecule has 0 saturated heterocycles. The molecule has 1 atom stereocenters. The van der Waals surface area contributed by atoms with Gasteiger partial charge in [-0.15, -0.1) is 0 Å². The first kappa shape index (κ1) is 23.4. The second-order valence-corrected chi connectivity index (χ2v) is 8.76.